The fourth-order valence-electron chi connectivity index (χ4n) is 2.81. The molecule has 0 radical (unpaired) electrons. The van der Waals surface area contributed by atoms with Crippen LogP contribution in [0.5, 0.6) is 0 Å². The van der Waals surface area contributed by atoms with Gasteiger partial charge in [-0.25, -0.2) is 4.68 Å². The highest BCUT2D eigenvalue weighted by atomic mass is 35.5. The van der Waals surface area contributed by atoms with Gasteiger partial charge in [-0.2, -0.15) is 18.3 Å². The number of hydrogen-bond acceptors (Lipinski definition) is 4. The summed E-state index contributed by atoms with van der Waals surface area (Å²) in [5.74, 6) is -0.342. The molecule has 1 amide bonds. The van der Waals surface area contributed by atoms with Crippen molar-refractivity contribution in [2.24, 2.45) is 0 Å². The van der Waals surface area contributed by atoms with E-state index < -0.39 is 29.7 Å². The fraction of sp³-hybridized carbons (Fsp3) is 0.500. The Morgan fingerprint density at radius 3 is 2.65 bits per heavy atom. The summed E-state index contributed by atoms with van der Waals surface area (Å²) in [7, 11) is 0. The fourth-order valence-corrected chi connectivity index (χ4v) is 3.08. The van der Waals surface area contributed by atoms with Crippen molar-refractivity contribution in [3.05, 3.63) is 34.9 Å². The van der Waals surface area contributed by atoms with Crippen molar-refractivity contribution in [1.29, 1.82) is 0 Å². The molecule has 0 saturated heterocycles. The third kappa shape index (κ3) is 3.53. The number of aromatic nitrogens is 2. The van der Waals surface area contributed by atoms with Crippen LogP contribution in [0.1, 0.15) is 55.5 Å². The van der Waals surface area contributed by atoms with Crippen LogP contribution in [0.4, 0.5) is 19.0 Å². The number of alkyl halides is 3. The first-order chi connectivity index (χ1) is 12.0. The van der Waals surface area contributed by atoms with E-state index in [-0.39, 0.29) is 23.0 Å². The molecule has 10 heteroatoms. The molecular formula is C16H18ClF3N4O2. The molecule has 2 N–H and O–H groups in total. The lowest BCUT2D eigenvalue weighted by molar-refractivity contribution is -0.174. The quantitative estimate of drug-likeness (QED) is 0.801. The van der Waals surface area contributed by atoms with Crippen molar-refractivity contribution in [1.82, 2.24) is 15.1 Å². The van der Waals surface area contributed by atoms with E-state index in [1.54, 1.807) is 32.9 Å². The average Bonchev–Trinajstić information content (AvgIpc) is 3.12. The normalized spacial score (nSPS) is 20.4. The molecule has 26 heavy (non-hydrogen) atoms. The number of anilines is 1. The van der Waals surface area contributed by atoms with Crippen LogP contribution in [0.2, 0.25) is 5.02 Å². The second kappa shape index (κ2) is 6.22. The second-order valence-electron chi connectivity index (χ2n) is 7.17. The lowest BCUT2D eigenvalue weighted by Crippen LogP contribution is -2.41. The summed E-state index contributed by atoms with van der Waals surface area (Å²) in [6.07, 6.45) is -3.51. The molecular weight excluding hydrogens is 373 g/mol. The van der Waals surface area contributed by atoms with E-state index in [2.05, 4.69) is 15.7 Å². The smallest absolute Gasteiger partial charge is 0.410 e. The zero-order chi connectivity index (χ0) is 19.3. The zero-order valence-corrected chi connectivity index (χ0v) is 15.1. The summed E-state index contributed by atoms with van der Waals surface area (Å²) in [4.78, 5) is 12.4. The number of carbonyl (C=O) groups is 1. The summed E-state index contributed by atoms with van der Waals surface area (Å²) in [5, 5.41) is 9.26. The largest absolute Gasteiger partial charge is 0.467 e. The summed E-state index contributed by atoms with van der Waals surface area (Å²) >= 11 is 6.20. The van der Waals surface area contributed by atoms with Crippen LogP contribution >= 0.6 is 11.6 Å². The first-order valence-electron chi connectivity index (χ1n) is 7.94. The SMILES string of the molecule is CC(C)(C)NC(=O)c1nn2c(c1Cl)N[C@H](c1ccco1)C[C@@H]2C(F)(F)F. The Morgan fingerprint density at radius 1 is 1.42 bits per heavy atom. The van der Waals surface area contributed by atoms with Crippen LogP contribution in [0.25, 0.3) is 0 Å². The molecule has 2 aromatic heterocycles. The van der Waals surface area contributed by atoms with E-state index in [0.29, 0.717) is 5.76 Å². The summed E-state index contributed by atoms with van der Waals surface area (Å²) in [6.45, 7) is 5.25. The Kier molecular flexibility index (Phi) is 4.46. The van der Waals surface area contributed by atoms with E-state index >= 15 is 0 Å². The Bertz CT molecular complexity index is 809. The lowest BCUT2D eigenvalue weighted by atomic mass is 10.0. The Morgan fingerprint density at radius 2 is 2.12 bits per heavy atom. The maximum Gasteiger partial charge on any atom is 0.410 e. The number of nitrogens with zero attached hydrogens (tertiary/aromatic N) is 2. The topological polar surface area (TPSA) is 72.1 Å². The zero-order valence-electron chi connectivity index (χ0n) is 14.3. The molecule has 0 fully saturated rings. The van der Waals surface area contributed by atoms with E-state index in [9.17, 15) is 18.0 Å². The second-order valence-corrected chi connectivity index (χ2v) is 7.54. The third-order valence-electron chi connectivity index (χ3n) is 3.89. The number of nitrogens with one attached hydrogen (secondary N) is 2. The number of fused-ring (bicyclic) bond motifs is 1. The number of carbonyl (C=O) groups excluding carboxylic acids is 1. The predicted molar refractivity (Wildman–Crippen MR) is 89.2 cm³/mol. The molecule has 2 atom stereocenters. The van der Waals surface area contributed by atoms with E-state index in [1.807, 2.05) is 0 Å². The van der Waals surface area contributed by atoms with Crippen LogP contribution in [-0.2, 0) is 0 Å². The minimum atomic E-state index is -4.56. The standard InChI is InChI=1S/C16H18ClF3N4O2/c1-15(2,3)22-14(25)12-11(17)13-21-8(9-5-4-6-26-9)7-10(16(18,19)20)24(13)23-12/h4-6,8,10,21H,7H2,1-3H3,(H,22,25)/t8-,10+/m0/s1. The minimum Gasteiger partial charge on any atom is -0.467 e. The third-order valence-corrected chi connectivity index (χ3v) is 4.24. The van der Waals surface area contributed by atoms with E-state index in [0.717, 1.165) is 4.68 Å². The number of hydrogen-bond donors (Lipinski definition) is 2. The molecule has 0 unspecified atom stereocenters. The first kappa shape index (κ1) is 18.6. The molecule has 0 saturated carbocycles. The van der Waals surface area contributed by atoms with E-state index in [4.69, 9.17) is 16.0 Å². The Labute approximate surface area is 152 Å². The van der Waals surface area contributed by atoms with Gasteiger partial charge in [0.05, 0.1) is 12.3 Å². The molecule has 6 nitrogen and oxygen atoms in total. The molecule has 3 rings (SSSR count). The van der Waals surface area contributed by atoms with E-state index in [1.165, 1.54) is 6.26 Å². The number of amides is 1. The summed E-state index contributed by atoms with van der Waals surface area (Å²) in [5.41, 5.74) is -0.837. The van der Waals surface area contributed by atoms with Crippen molar-refractivity contribution in [3.63, 3.8) is 0 Å². The monoisotopic (exact) mass is 390 g/mol. The van der Waals surface area contributed by atoms with Gasteiger partial charge >= 0.3 is 6.18 Å². The van der Waals surface area contributed by atoms with Gasteiger partial charge in [0, 0.05) is 12.0 Å². The molecule has 1 aliphatic rings. The Hall–Kier alpha value is -2.16. The van der Waals surface area contributed by atoms with Crippen LogP contribution in [0.15, 0.2) is 22.8 Å². The van der Waals surface area contributed by atoms with Gasteiger partial charge in [-0.05, 0) is 32.9 Å². The van der Waals surface area contributed by atoms with Gasteiger partial charge in [0.25, 0.3) is 5.91 Å². The Balaban J connectivity index is 2.03. The number of rotatable bonds is 2. The maximum atomic E-state index is 13.6. The van der Waals surface area contributed by atoms with Crippen LogP contribution in [-0.4, -0.2) is 27.4 Å². The molecule has 0 spiro atoms. The predicted octanol–water partition coefficient (Wildman–Crippen LogP) is 4.32. The van der Waals surface area contributed by atoms with Crippen molar-refractivity contribution < 1.29 is 22.4 Å². The van der Waals surface area contributed by atoms with Crippen LogP contribution < -0.4 is 10.6 Å². The molecule has 0 bridgehead atoms. The lowest BCUT2D eigenvalue weighted by Gasteiger charge is -2.32. The van der Waals surface area contributed by atoms with Crippen molar-refractivity contribution >= 4 is 23.3 Å². The van der Waals surface area contributed by atoms with Crippen molar-refractivity contribution in [3.8, 4) is 0 Å². The highest BCUT2D eigenvalue weighted by Gasteiger charge is 2.48. The van der Waals surface area contributed by atoms with Gasteiger partial charge in [0.2, 0.25) is 0 Å². The molecule has 2 aromatic rings. The maximum absolute atomic E-state index is 13.6. The first-order valence-corrected chi connectivity index (χ1v) is 8.32. The molecule has 0 aliphatic carbocycles. The molecule has 1 aliphatic heterocycles. The summed E-state index contributed by atoms with van der Waals surface area (Å²) < 4.78 is 46.7. The van der Waals surface area contributed by atoms with Gasteiger partial charge in [0.15, 0.2) is 11.7 Å². The number of halogens is 4. The van der Waals surface area contributed by atoms with Gasteiger partial charge in [-0.1, -0.05) is 11.6 Å². The molecule has 0 aromatic carbocycles. The highest BCUT2D eigenvalue weighted by molar-refractivity contribution is 6.36. The molecule has 3 heterocycles. The van der Waals surface area contributed by atoms with Crippen molar-refractivity contribution in [2.45, 2.75) is 51.0 Å². The van der Waals surface area contributed by atoms with Crippen LogP contribution in [0, 0.1) is 0 Å². The minimum absolute atomic E-state index is 0.0549. The van der Waals surface area contributed by atoms with Crippen LogP contribution in [0.3, 0.4) is 0 Å². The van der Waals surface area contributed by atoms with Crippen molar-refractivity contribution in [2.75, 3.05) is 5.32 Å². The summed E-state index contributed by atoms with van der Waals surface area (Å²) in [6, 6.07) is 0.507. The molecule has 142 valence electrons. The highest BCUT2D eigenvalue weighted by Crippen LogP contribution is 2.46. The van der Waals surface area contributed by atoms with Gasteiger partial charge in [-0.15, -0.1) is 0 Å². The number of furan rings is 1. The van der Waals surface area contributed by atoms with Gasteiger partial charge in [0.1, 0.15) is 16.6 Å². The average molecular weight is 391 g/mol. The van der Waals surface area contributed by atoms with Gasteiger partial charge < -0.3 is 15.1 Å². The van der Waals surface area contributed by atoms with Gasteiger partial charge in [-0.3, -0.25) is 4.79 Å².